The molecule has 0 fully saturated rings. The van der Waals surface area contributed by atoms with Crippen LogP contribution in [0.1, 0.15) is 5.56 Å². The maximum absolute atomic E-state index is 12.2. The molecule has 2 aromatic rings. The molecule has 0 atom stereocenters. The number of hydrogen-bond acceptors (Lipinski definition) is 4. The van der Waals surface area contributed by atoms with Crippen LogP contribution < -0.4 is 4.90 Å². The molecule has 0 bridgehead atoms. The topological polar surface area (TPSA) is 83.7 Å². The monoisotopic (exact) mass is 286 g/mol. The molecule has 108 valence electrons. The van der Waals surface area contributed by atoms with Crippen LogP contribution in [0.2, 0.25) is 0 Å². The lowest BCUT2D eigenvalue weighted by atomic mass is 10.1. The Morgan fingerprint density at radius 1 is 1.24 bits per heavy atom. The number of benzene rings is 2. The van der Waals surface area contributed by atoms with E-state index in [1.54, 1.807) is 31.3 Å². The summed E-state index contributed by atoms with van der Waals surface area (Å²) in [5.41, 5.74) is 1.09. The van der Waals surface area contributed by atoms with Gasteiger partial charge in [-0.2, -0.15) is 0 Å². The Kier molecular flexibility index (Phi) is 4.18. The van der Waals surface area contributed by atoms with Gasteiger partial charge in [-0.3, -0.25) is 14.9 Å². The van der Waals surface area contributed by atoms with Gasteiger partial charge in [0.1, 0.15) is 5.75 Å². The van der Waals surface area contributed by atoms with Crippen LogP contribution >= 0.6 is 0 Å². The summed E-state index contributed by atoms with van der Waals surface area (Å²) in [4.78, 5) is 23.8. The number of non-ortho nitro benzene ring substituents is 1. The van der Waals surface area contributed by atoms with E-state index in [0.717, 1.165) is 0 Å². The zero-order valence-electron chi connectivity index (χ0n) is 11.4. The predicted molar refractivity (Wildman–Crippen MR) is 78.3 cm³/mol. The van der Waals surface area contributed by atoms with Gasteiger partial charge < -0.3 is 10.0 Å². The van der Waals surface area contributed by atoms with Gasteiger partial charge in [0.2, 0.25) is 5.91 Å². The summed E-state index contributed by atoms with van der Waals surface area (Å²) in [6, 6.07) is 12.3. The van der Waals surface area contributed by atoms with Crippen molar-refractivity contribution in [1.29, 1.82) is 0 Å². The van der Waals surface area contributed by atoms with Crippen LogP contribution in [-0.4, -0.2) is 23.0 Å². The summed E-state index contributed by atoms with van der Waals surface area (Å²) >= 11 is 0. The highest BCUT2D eigenvalue weighted by Crippen LogP contribution is 2.20. The first-order valence-corrected chi connectivity index (χ1v) is 6.26. The van der Waals surface area contributed by atoms with Crippen LogP contribution in [-0.2, 0) is 11.2 Å². The summed E-state index contributed by atoms with van der Waals surface area (Å²) in [6.45, 7) is 0. The fourth-order valence-corrected chi connectivity index (χ4v) is 1.92. The third kappa shape index (κ3) is 3.56. The van der Waals surface area contributed by atoms with E-state index in [0.29, 0.717) is 11.3 Å². The zero-order chi connectivity index (χ0) is 15.4. The summed E-state index contributed by atoms with van der Waals surface area (Å²) < 4.78 is 0. The number of rotatable bonds is 4. The van der Waals surface area contributed by atoms with Gasteiger partial charge in [-0.1, -0.05) is 18.2 Å². The quantitative estimate of drug-likeness (QED) is 0.691. The second-order valence-corrected chi connectivity index (χ2v) is 4.58. The number of phenolic OH excluding ortho intramolecular Hbond substituents is 1. The van der Waals surface area contributed by atoms with Gasteiger partial charge in [0.25, 0.3) is 5.69 Å². The average Bonchev–Trinajstić information content (AvgIpc) is 2.46. The first kappa shape index (κ1) is 14.5. The van der Waals surface area contributed by atoms with Crippen molar-refractivity contribution in [2.45, 2.75) is 6.42 Å². The first-order valence-electron chi connectivity index (χ1n) is 6.26. The van der Waals surface area contributed by atoms with Gasteiger partial charge in [-0.15, -0.1) is 0 Å². The summed E-state index contributed by atoms with van der Waals surface area (Å²) in [7, 11) is 1.59. The molecule has 2 rings (SSSR count). The fraction of sp³-hybridized carbons (Fsp3) is 0.133. The Labute approximate surface area is 121 Å². The molecule has 1 N–H and O–H groups in total. The minimum atomic E-state index is -0.493. The summed E-state index contributed by atoms with van der Waals surface area (Å²) in [5.74, 6) is -0.149. The number of nitro benzene ring substituents is 1. The van der Waals surface area contributed by atoms with E-state index in [1.807, 2.05) is 0 Å². The van der Waals surface area contributed by atoms with Crippen LogP contribution in [0, 0.1) is 10.1 Å². The summed E-state index contributed by atoms with van der Waals surface area (Å²) in [6.07, 6.45) is 0.0494. The number of phenols is 1. The summed E-state index contributed by atoms with van der Waals surface area (Å²) in [5, 5.41) is 20.1. The van der Waals surface area contributed by atoms with Gasteiger partial charge in [-0.25, -0.2) is 0 Å². The molecule has 0 aliphatic rings. The molecule has 21 heavy (non-hydrogen) atoms. The lowest BCUT2D eigenvalue weighted by Crippen LogP contribution is -2.27. The Balaban J connectivity index is 2.14. The number of anilines is 1. The van der Waals surface area contributed by atoms with E-state index in [1.165, 1.54) is 29.2 Å². The van der Waals surface area contributed by atoms with E-state index in [2.05, 4.69) is 0 Å². The number of nitrogens with zero attached hydrogens (tertiary/aromatic N) is 2. The fourth-order valence-electron chi connectivity index (χ4n) is 1.92. The van der Waals surface area contributed by atoms with E-state index in [4.69, 9.17) is 0 Å². The minimum absolute atomic E-state index is 0.0414. The molecule has 0 heterocycles. The molecule has 6 nitrogen and oxygen atoms in total. The molecule has 1 amide bonds. The Morgan fingerprint density at radius 3 is 2.62 bits per heavy atom. The van der Waals surface area contributed by atoms with Crippen LogP contribution in [0.3, 0.4) is 0 Å². The first-order chi connectivity index (χ1) is 9.97. The molecule has 0 aliphatic heterocycles. The van der Waals surface area contributed by atoms with Crippen molar-refractivity contribution < 1.29 is 14.8 Å². The van der Waals surface area contributed by atoms with Crippen LogP contribution in [0.4, 0.5) is 11.4 Å². The van der Waals surface area contributed by atoms with Crippen molar-refractivity contribution in [1.82, 2.24) is 0 Å². The molecule has 0 spiro atoms. The highest BCUT2D eigenvalue weighted by atomic mass is 16.6. The van der Waals surface area contributed by atoms with Gasteiger partial charge >= 0.3 is 0 Å². The molecule has 0 radical (unpaired) electrons. The van der Waals surface area contributed by atoms with E-state index >= 15 is 0 Å². The Morgan fingerprint density at radius 2 is 1.95 bits per heavy atom. The van der Waals surface area contributed by atoms with Crippen molar-refractivity contribution in [2.24, 2.45) is 0 Å². The number of aromatic hydroxyl groups is 1. The van der Waals surface area contributed by atoms with Crippen molar-refractivity contribution in [2.75, 3.05) is 11.9 Å². The molecule has 6 heteroatoms. The second kappa shape index (κ2) is 6.04. The predicted octanol–water partition coefficient (Wildman–Crippen LogP) is 2.51. The molecule has 0 aromatic heterocycles. The normalized spacial score (nSPS) is 10.1. The number of hydrogen-bond donors (Lipinski definition) is 1. The Bertz CT molecular complexity index is 685. The van der Waals surface area contributed by atoms with Crippen molar-refractivity contribution in [3.63, 3.8) is 0 Å². The van der Waals surface area contributed by atoms with Gasteiger partial charge in [0.05, 0.1) is 11.3 Å². The number of amides is 1. The van der Waals surface area contributed by atoms with E-state index in [-0.39, 0.29) is 23.8 Å². The number of likely N-dealkylation sites (N-methyl/N-ethyl adjacent to an activating group) is 1. The Hall–Kier alpha value is -2.89. The smallest absolute Gasteiger partial charge is 0.269 e. The van der Waals surface area contributed by atoms with Gasteiger partial charge in [0, 0.05) is 30.9 Å². The number of nitro groups is 1. The van der Waals surface area contributed by atoms with Crippen molar-refractivity contribution in [3.05, 3.63) is 64.2 Å². The SMILES string of the molecule is CN(C(=O)Cc1cccc([N+](=O)[O-])c1)c1cccc(O)c1. The van der Waals surface area contributed by atoms with E-state index < -0.39 is 4.92 Å². The molecular weight excluding hydrogens is 272 g/mol. The average molecular weight is 286 g/mol. The molecular formula is C15H14N2O4. The highest BCUT2D eigenvalue weighted by Gasteiger charge is 2.14. The largest absolute Gasteiger partial charge is 0.508 e. The van der Waals surface area contributed by atoms with Crippen LogP contribution in [0.15, 0.2) is 48.5 Å². The maximum atomic E-state index is 12.2. The second-order valence-electron chi connectivity index (χ2n) is 4.58. The molecule has 0 saturated carbocycles. The molecule has 0 unspecified atom stereocenters. The van der Waals surface area contributed by atoms with Crippen LogP contribution in [0.25, 0.3) is 0 Å². The lowest BCUT2D eigenvalue weighted by molar-refractivity contribution is -0.384. The third-order valence-corrected chi connectivity index (χ3v) is 3.07. The molecule has 2 aromatic carbocycles. The van der Waals surface area contributed by atoms with E-state index in [9.17, 15) is 20.0 Å². The van der Waals surface area contributed by atoms with Gasteiger partial charge in [-0.05, 0) is 17.7 Å². The molecule has 0 saturated heterocycles. The molecule has 0 aliphatic carbocycles. The number of carbonyl (C=O) groups is 1. The van der Waals surface area contributed by atoms with Crippen LogP contribution in [0.5, 0.6) is 5.75 Å². The van der Waals surface area contributed by atoms with Gasteiger partial charge in [0.15, 0.2) is 0 Å². The lowest BCUT2D eigenvalue weighted by Gasteiger charge is -2.17. The zero-order valence-corrected chi connectivity index (χ0v) is 11.4. The number of carbonyl (C=O) groups excluding carboxylic acids is 1. The van der Waals surface area contributed by atoms with Crippen molar-refractivity contribution in [3.8, 4) is 5.75 Å². The highest BCUT2D eigenvalue weighted by molar-refractivity contribution is 5.94. The maximum Gasteiger partial charge on any atom is 0.269 e. The third-order valence-electron chi connectivity index (χ3n) is 3.07. The van der Waals surface area contributed by atoms with Crippen molar-refractivity contribution >= 4 is 17.3 Å². The minimum Gasteiger partial charge on any atom is -0.508 e. The standard InChI is InChI=1S/C15H14N2O4/c1-16(12-5-3-7-14(18)10-12)15(19)9-11-4-2-6-13(8-11)17(20)21/h2-8,10,18H,9H2,1H3.